The lowest BCUT2D eigenvalue weighted by Crippen LogP contribution is -2.45. The molecule has 2 aliphatic rings. The Balaban J connectivity index is 0.00000225. The molecule has 2 saturated heterocycles. The van der Waals surface area contributed by atoms with Crippen LogP contribution in [0.2, 0.25) is 0 Å². The molecule has 0 saturated carbocycles. The molecule has 25 heavy (non-hydrogen) atoms. The van der Waals surface area contributed by atoms with Gasteiger partial charge in [-0.3, -0.25) is 4.79 Å². The van der Waals surface area contributed by atoms with Crippen molar-refractivity contribution in [3.63, 3.8) is 0 Å². The molecule has 0 aromatic heterocycles. The molecule has 0 radical (unpaired) electrons. The smallest absolute Gasteiger partial charge is 0.260 e. The number of rotatable bonds is 3. The molecular weight excluding hydrogens is 336 g/mol. The molecule has 2 heterocycles. The summed E-state index contributed by atoms with van der Waals surface area (Å²) in [6.07, 6.45) is 3.49. The molecule has 2 aliphatic heterocycles. The van der Waals surface area contributed by atoms with Crippen LogP contribution in [0.4, 0.5) is 0 Å². The van der Waals surface area contributed by atoms with E-state index in [2.05, 4.69) is 38.2 Å². The summed E-state index contributed by atoms with van der Waals surface area (Å²) in [6.45, 7) is 10.7. The first kappa shape index (κ1) is 20.1. The maximum absolute atomic E-state index is 12.4. The van der Waals surface area contributed by atoms with Crippen LogP contribution >= 0.6 is 12.4 Å². The second-order valence-electron chi connectivity index (χ2n) is 8.37. The van der Waals surface area contributed by atoms with Crippen LogP contribution in [0, 0.1) is 5.41 Å². The Morgan fingerprint density at radius 1 is 1.16 bits per heavy atom. The Morgan fingerprint density at radius 2 is 1.80 bits per heavy atom. The SMILES string of the molecule is CC(C)(C)c1ccc(OCC(=O)N2CCC3(CCNC3)CC2)cc1.Cl. The number of piperidine rings is 1. The van der Waals surface area contributed by atoms with Crippen LogP contribution in [0.3, 0.4) is 0 Å². The van der Waals surface area contributed by atoms with Crippen LogP contribution in [0.15, 0.2) is 24.3 Å². The lowest BCUT2D eigenvalue weighted by Gasteiger charge is -2.38. The Hall–Kier alpha value is -1.26. The molecule has 3 rings (SSSR count). The van der Waals surface area contributed by atoms with E-state index in [1.165, 1.54) is 12.0 Å². The Morgan fingerprint density at radius 3 is 2.32 bits per heavy atom. The third-order valence-corrected chi connectivity index (χ3v) is 5.59. The number of nitrogens with zero attached hydrogens (tertiary/aromatic N) is 1. The molecule has 1 amide bonds. The maximum atomic E-state index is 12.4. The van der Waals surface area contributed by atoms with E-state index in [4.69, 9.17) is 4.74 Å². The summed E-state index contributed by atoms with van der Waals surface area (Å²) in [7, 11) is 0. The second-order valence-corrected chi connectivity index (χ2v) is 8.37. The third-order valence-electron chi connectivity index (χ3n) is 5.59. The van der Waals surface area contributed by atoms with Crippen molar-refractivity contribution in [1.82, 2.24) is 10.2 Å². The van der Waals surface area contributed by atoms with E-state index in [-0.39, 0.29) is 30.3 Å². The average Bonchev–Trinajstić information content (AvgIpc) is 3.01. The fraction of sp³-hybridized carbons (Fsp3) is 0.650. The van der Waals surface area contributed by atoms with E-state index in [9.17, 15) is 4.79 Å². The molecule has 0 atom stereocenters. The molecule has 0 bridgehead atoms. The van der Waals surface area contributed by atoms with Crippen LogP contribution in [0.25, 0.3) is 0 Å². The van der Waals surface area contributed by atoms with Crippen LogP contribution in [0.5, 0.6) is 5.75 Å². The topological polar surface area (TPSA) is 41.6 Å². The highest BCUT2D eigenvalue weighted by molar-refractivity contribution is 5.85. The number of likely N-dealkylation sites (tertiary alicyclic amines) is 1. The summed E-state index contributed by atoms with van der Waals surface area (Å²) >= 11 is 0. The van der Waals surface area contributed by atoms with Crippen LogP contribution < -0.4 is 10.1 Å². The zero-order valence-electron chi connectivity index (χ0n) is 15.6. The standard InChI is InChI=1S/C20H30N2O2.ClH/c1-19(2,3)16-4-6-17(7-5-16)24-14-18(23)22-12-9-20(10-13-22)8-11-21-15-20;/h4-7,21H,8-15H2,1-3H3;1H. The fourth-order valence-corrected chi connectivity index (χ4v) is 3.74. The molecule has 5 heteroatoms. The first-order chi connectivity index (χ1) is 11.4. The van der Waals surface area contributed by atoms with Gasteiger partial charge in [0.15, 0.2) is 6.61 Å². The first-order valence-corrected chi connectivity index (χ1v) is 9.10. The lowest BCUT2D eigenvalue weighted by atomic mass is 9.78. The van der Waals surface area contributed by atoms with Gasteiger partial charge in [0.25, 0.3) is 5.91 Å². The molecule has 0 aliphatic carbocycles. The van der Waals surface area contributed by atoms with Crippen molar-refractivity contribution in [2.24, 2.45) is 5.41 Å². The largest absolute Gasteiger partial charge is 0.484 e. The highest BCUT2D eigenvalue weighted by Gasteiger charge is 2.38. The third kappa shape index (κ3) is 4.89. The molecule has 1 N–H and O–H groups in total. The lowest BCUT2D eigenvalue weighted by molar-refractivity contribution is -0.135. The summed E-state index contributed by atoms with van der Waals surface area (Å²) in [6, 6.07) is 8.08. The van der Waals surface area contributed by atoms with Crippen molar-refractivity contribution in [2.45, 2.75) is 45.4 Å². The molecule has 1 aromatic carbocycles. The summed E-state index contributed by atoms with van der Waals surface area (Å²) in [5.74, 6) is 0.875. The van der Waals surface area contributed by atoms with E-state index >= 15 is 0 Å². The number of halogens is 1. The predicted octanol–water partition coefficient (Wildman–Crippen LogP) is 3.39. The van der Waals surface area contributed by atoms with Crippen molar-refractivity contribution < 1.29 is 9.53 Å². The van der Waals surface area contributed by atoms with Gasteiger partial charge in [-0.15, -0.1) is 12.4 Å². The van der Waals surface area contributed by atoms with Gasteiger partial charge < -0.3 is 15.0 Å². The Kier molecular flexibility index (Phi) is 6.39. The molecule has 1 aromatic rings. The van der Waals surface area contributed by atoms with Gasteiger partial charge in [-0.25, -0.2) is 0 Å². The quantitative estimate of drug-likeness (QED) is 0.891. The number of ether oxygens (including phenoxy) is 1. The van der Waals surface area contributed by atoms with E-state index in [0.717, 1.165) is 44.8 Å². The molecule has 1 spiro atoms. The minimum atomic E-state index is 0. The van der Waals surface area contributed by atoms with Crippen molar-refractivity contribution in [2.75, 3.05) is 32.8 Å². The van der Waals surface area contributed by atoms with Gasteiger partial charge in [0.05, 0.1) is 0 Å². The van der Waals surface area contributed by atoms with Gasteiger partial charge in [0.2, 0.25) is 0 Å². The minimum absolute atomic E-state index is 0. The van der Waals surface area contributed by atoms with Crippen LogP contribution in [0.1, 0.15) is 45.6 Å². The molecule has 140 valence electrons. The summed E-state index contributed by atoms with van der Waals surface area (Å²) < 4.78 is 5.70. The molecule has 0 unspecified atom stereocenters. The van der Waals surface area contributed by atoms with Crippen molar-refractivity contribution in [1.29, 1.82) is 0 Å². The monoisotopic (exact) mass is 366 g/mol. The van der Waals surface area contributed by atoms with Gasteiger partial charge in [-0.1, -0.05) is 32.9 Å². The number of hydrogen-bond acceptors (Lipinski definition) is 3. The average molecular weight is 367 g/mol. The van der Waals surface area contributed by atoms with E-state index in [0.29, 0.717) is 5.41 Å². The van der Waals surface area contributed by atoms with E-state index in [1.807, 2.05) is 17.0 Å². The zero-order valence-corrected chi connectivity index (χ0v) is 16.5. The van der Waals surface area contributed by atoms with E-state index in [1.54, 1.807) is 0 Å². The Bertz CT molecular complexity index is 564. The molecule has 4 nitrogen and oxygen atoms in total. The number of carbonyl (C=O) groups excluding carboxylic acids is 1. The highest BCUT2D eigenvalue weighted by atomic mass is 35.5. The zero-order chi connectivity index (χ0) is 17.2. The van der Waals surface area contributed by atoms with Crippen molar-refractivity contribution >= 4 is 18.3 Å². The number of benzene rings is 1. The van der Waals surface area contributed by atoms with Gasteiger partial charge in [0, 0.05) is 19.6 Å². The summed E-state index contributed by atoms with van der Waals surface area (Å²) in [4.78, 5) is 14.4. The number of amides is 1. The summed E-state index contributed by atoms with van der Waals surface area (Å²) in [5, 5.41) is 3.46. The first-order valence-electron chi connectivity index (χ1n) is 9.10. The number of hydrogen-bond donors (Lipinski definition) is 1. The Labute approximate surface area is 157 Å². The normalized spacial score (nSPS) is 19.6. The van der Waals surface area contributed by atoms with Gasteiger partial charge in [-0.05, 0) is 54.3 Å². The molecule has 2 fully saturated rings. The summed E-state index contributed by atoms with van der Waals surface area (Å²) in [5.41, 5.74) is 1.85. The van der Waals surface area contributed by atoms with Gasteiger partial charge in [0.1, 0.15) is 5.75 Å². The fourth-order valence-electron chi connectivity index (χ4n) is 3.74. The molecular formula is C20H31ClN2O2. The van der Waals surface area contributed by atoms with Gasteiger partial charge in [-0.2, -0.15) is 0 Å². The van der Waals surface area contributed by atoms with Crippen molar-refractivity contribution in [3.8, 4) is 5.75 Å². The van der Waals surface area contributed by atoms with Crippen LogP contribution in [-0.4, -0.2) is 43.6 Å². The second kappa shape index (κ2) is 7.96. The maximum Gasteiger partial charge on any atom is 0.260 e. The number of nitrogens with one attached hydrogen (secondary N) is 1. The predicted molar refractivity (Wildman–Crippen MR) is 104 cm³/mol. The minimum Gasteiger partial charge on any atom is -0.484 e. The highest BCUT2D eigenvalue weighted by Crippen LogP contribution is 2.36. The van der Waals surface area contributed by atoms with E-state index < -0.39 is 0 Å². The van der Waals surface area contributed by atoms with Crippen molar-refractivity contribution in [3.05, 3.63) is 29.8 Å². The van der Waals surface area contributed by atoms with Crippen LogP contribution in [-0.2, 0) is 10.2 Å². The van der Waals surface area contributed by atoms with Gasteiger partial charge >= 0.3 is 0 Å². The number of carbonyl (C=O) groups is 1.